The lowest BCUT2D eigenvalue weighted by molar-refractivity contribution is -0.137. The van der Waals surface area contributed by atoms with Crippen molar-refractivity contribution < 1.29 is 13.2 Å². The molecule has 1 aliphatic carbocycles. The Morgan fingerprint density at radius 3 is 2.37 bits per heavy atom. The van der Waals surface area contributed by atoms with Crippen molar-refractivity contribution in [1.29, 1.82) is 0 Å². The maximum Gasteiger partial charge on any atom is 0.416 e. The van der Waals surface area contributed by atoms with Crippen LogP contribution in [0.5, 0.6) is 0 Å². The van der Waals surface area contributed by atoms with E-state index in [0.29, 0.717) is 5.56 Å². The molecule has 1 fully saturated rings. The molecule has 106 valence electrons. The third-order valence-electron chi connectivity index (χ3n) is 4.32. The Kier molecular flexibility index (Phi) is 3.90. The van der Waals surface area contributed by atoms with E-state index in [0.717, 1.165) is 31.7 Å². The summed E-state index contributed by atoms with van der Waals surface area (Å²) in [6, 6.07) is 5.13. The Bertz CT molecular complexity index is 433. The molecular formula is C15H20F3N. The summed E-state index contributed by atoms with van der Waals surface area (Å²) in [6.45, 7) is 2.09. The molecule has 2 N–H and O–H groups in total. The fourth-order valence-electron chi connectivity index (χ4n) is 2.98. The Morgan fingerprint density at radius 1 is 1.16 bits per heavy atom. The van der Waals surface area contributed by atoms with Crippen LogP contribution in [0.15, 0.2) is 24.3 Å². The number of halogens is 3. The minimum Gasteiger partial charge on any atom is -0.323 e. The number of hydrogen-bond donors (Lipinski definition) is 1. The van der Waals surface area contributed by atoms with Gasteiger partial charge in [-0.15, -0.1) is 0 Å². The Labute approximate surface area is 112 Å². The molecule has 1 nitrogen and oxygen atoms in total. The van der Waals surface area contributed by atoms with Gasteiger partial charge in [0, 0.05) is 6.04 Å². The zero-order valence-corrected chi connectivity index (χ0v) is 11.1. The topological polar surface area (TPSA) is 26.0 Å². The van der Waals surface area contributed by atoms with Crippen molar-refractivity contribution in [1.82, 2.24) is 0 Å². The predicted octanol–water partition coefficient (Wildman–Crippen LogP) is 4.68. The molecule has 2 rings (SSSR count). The second kappa shape index (κ2) is 5.16. The van der Waals surface area contributed by atoms with Gasteiger partial charge < -0.3 is 5.73 Å². The van der Waals surface area contributed by atoms with Gasteiger partial charge in [0.05, 0.1) is 5.56 Å². The monoisotopic (exact) mass is 271 g/mol. The molecule has 1 saturated carbocycles. The van der Waals surface area contributed by atoms with Crippen LogP contribution in [0, 0.1) is 5.41 Å². The fraction of sp³-hybridized carbons (Fsp3) is 0.600. The molecule has 1 atom stereocenters. The van der Waals surface area contributed by atoms with Crippen LogP contribution in [0.4, 0.5) is 13.2 Å². The van der Waals surface area contributed by atoms with Crippen LogP contribution < -0.4 is 5.73 Å². The molecule has 0 spiro atoms. The quantitative estimate of drug-likeness (QED) is 0.830. The third kappa shape index (κ3) is 3.11. The van der Waals surface area contributed by atoms with Crippen LogP contribution in [0.25, 0.3) is 0 Å². The highest BCUT2D eigenvalue weighted by molar-refractivity contribution is 5.29. The molecule has 1 unspecified atom stereocenters. The summed E-state index contributed by atoms with van der Waals surface area (Å²) >= 11 is 0. The van der Waals surface area contributed by atoms with Crippen molar-refractivity contribution in [2.45, 2.75) is 51.2 Å². The van der Waals surface area contributed by atoms with Crippen LogP contribution in [-0.4, -0.2) is 0 Å². The summed E-state index contributed by atoms with van der Waals surface area (Å²) in [6.07, 6.45) is 1.11. The van der Waals surface area contributed by atoms with Crippen LogP contribution in [0.1, 0.15) is 56.2 Å². The lowest BCUT2D eigenvalue weighted by Gasteiger charge is -2.39. The smallest absolute Gasteiger partial charge is 0.323 e. The average molecular weight is 271 g/mol. The van der Waals surface area contributed by atoms with Gasteiger partial charge in [-0.2, -0.15) is 13.2 Å². The van der Waals surface area contributed by atoms with E-state index in [1.54, 1.807) is 6.07 Å². The first-order valence-electron chi connectivity index (χ1n) is 6.76. The Hall–Kier alpha value is -1.03. The number of nitrogens with two attached hydrogens (primary N) is 1. The molecule has 0 aromatic heterocycles. The molecular weight excluding hydrogens is 251 g/mol. The maximum atomic E-state index is 12.7. The van der Waals surface area contributed by atoms with E-state index >= 15 is 0 Å². The Balaban J connectivity index is 2.26. The molecule has 0 bridgehead atoms. The van der Waals surface area contributed by atoms with E-state index < -0.39 is 11.7 Å². The van der Waals surface area contributed by atoms with Crippen molar-refractivity contribution in [2.75, 3.05) is 0 Å². The van der Waals surface area contributed by atoms with E-state index in [1.165, 1.54) is 18.6 Å². The van der Waals surface area contributed by atoms with E-state index in [4.69, 9.17) is 5.73 Å². The number of alkyl halides is 3. The summed E-state index contributed by atoms with van der Waals surface area (Å²) in [5.41, 5.74) is 6.15. The average Bonchev–Trinajstić information content (AvgIpc) is 2.38. The molecule has 0 saturated heterocycles. The fourth-order valence-corrected chi connectivity index (χ4v) is 2.98. The van der Waals surface area contributed by atoms with Gasteiger partial charge in [0.1, 0.15) is 0 Å². The molecule has 1 aromatic rings. The normalized spacial score (nSPS) is 21.1. The lowest BCUT2D eigenvalue weighted by Crippen LogP contribution is -2.34. The standard InChI is InChI=1S/C15H20F3N/c1-14(8-3-2-4-9-14)13(19)11-6-5-7-12(10-11)15(16,17)18/h5-7,10,13H,2-4,8-9,19H2,1H3. The van der Waals surface area contributed by atoms with Crippen molar-refractivity contribution in [3.05, 3.63) is 35.4 Å². The van der Waals surface area contributed by atoms with Crippen molar-refractivity contribution in [2.24, 2.45) is 11.1 Å². The third-order valence-corrected chi connectivity index (χ3v) is 4.32. The first-order chi connectivity index (χ1) is 8.83. The molecule has 0 radical (unpaired) electrons. The van der Waals surface area contributed by atoms with E-state index in [2.05, 4.69) is 6.92 Å². The maximum absolute atomic E-state index is 12.7. The zero-order valence-electron chi connectivity index (χ0n) is 11.1. The van der Waals surface area contributed by atoms with Gasteiger partial charge in [-0.3, -0.25) is 0 Å². The largest absolute Gasteiger partial charge is 0.416 e. The van der Waals surface area contributed by atoms with Gasteiger partial charge in [0.25, 0.3) is 0 Å². The van der Waals surface area contributed by atoms with Crippen LogP contribution in [0.3, 0.4) is 0 Å². The molecule has 19 heavy (non-hydrogen) atoms. The summed E-state index contributed by atoms with van der Waals surface area (Å²) in [7, 11) is 0. The molecule has 0 aliphatic heterocycles. The van der Waals surface area contributed by atoms with Gasteiger partial charge in [0.15, 0.2) is 0 Å². The van der Waals surface area contributed by atoms with Gasteiger partial charge >= 0.3 is 6.18 Å². The SMILES string of the molecule is CC1(C(N)c2cccc(C(F)(F)F)c2)CCCCC1. The molecule has 0 amide bonds. The summed E-state index contributed by atoms with van der Waals surface area (Å²) < 4.78 is 38.2. The second-order valence-electron chi connectivity index (χ2n) is 5.82. The van der Waals surface area contributed by atoms with Crippen molar-refractivity contribution in [3.63, 3.8) is 0 Å². The molecule has 1 aromatic carbocycles. The Morgan fingerprint density at radius 2 is 1.79 bits per heavy atom. The predicted molar refractivity (Wildman–Crippen MR) is 69.6 cm³/mol. The summed E-state index contributed by atoms with van der Waals surface area (Å²) in [5.74, 6) is 0. The number of rotatable bonds is 2. The molecule has 4 heteroatoms. The summed E-state index contributed by atoms with van der Waals surface area (Å²) in [5, 5.41) is 0. The van der Waals surface area contributed by atoms with Crippen molar-refractivity contribution >= 4 is 0 Å². The second-order valence-corrected chi connectivity index (χ2v) is 5.82. The highest BCUT2D eigenvalue weighted by Gasteiger charge is 2.36. The molecule has 1 aliphatic rings. The number of benzene rings is 1. The van der Waals surface area contributed by atoms with Gasteiger partial charge in [-0.1, -0.05) is 38.3 Å². The van der Waals surface area contributed by atoms with Crippen LogP contribution in [0.2, 0.25) is 0 Å². The highest BCUT2D eigenvalue weighted by Crippen LogP contribution is 2.45. The van der Waals surface area contributed by atoms with Crippen molar-refractivity contribution in [3.8, 4) is 0 Å². The van der Waals surface area contributed by atoms with Crippen LogP contribution >= 0.6 is 0 Å². The van der Waals surface area contributed by atoms with Gasteiger partial charge in [0.2, 0.25) is 0 Å². The minimum absolute atomic E-state index is 0.0809. The molecule has 0 heterocycles. The first-order valence-corrected chi connectivity index (χ1v) is 6.76. The first kappa shape index (κ1) is 14.4. The van der Waals surface area contributed by atoms with Gasteiger partial charge in [-0.25, -0.2) is 0 Å². The lowest BCUT2D eigenvalue weighted by atomic mass is 9.69. The highest BCUT2D eigenvalue weighted by atomic mass is 19.4. The summed E-state index contributed by atoms with van der Waals surface area (Å²) in [4.78, 5) is 0. The van der Waals surface area contributed by atoms with Gasteiger partial charge in [-0.05, 0) is 36.0 Å². The zero-order chi connectivity index (χ0) is 14.1. The van der Waals surface area contributed by atoms with E-state index in [-0.39, 0.29) is 11.5 Å². The van der Waals surface area contributed by atoms with E-state index in [1.807, 2.05) is 0 Å². The minimum atomic E-state index is -4.30. The van der Waals surface area contributed by atoms with Crippen LogP contribution in [-0.2, 0) is 6.18 Å². The van der Waals surface area contributed by atoms with E-state index in [9.17, 15) is 13.2 Å². The number of hydrogen-bond acceptors (Lipinski definition) is 1.